The van der Waals surface area contributed by atoms with Gasteiger partial charge in [0, 0.05) is 39.9 Å². The lowest BCUT2D eigenvalue weighted by Crippen LogP contribution is -2.32. The fraction of sp³-hybridized carbons (Fsp3) is 0.259. The van der Waals surface area contributed by atoms with Gasteiger partial charge in [-0.15, -0.1) is 0 Å². The molecule has 1 aliphatic rings. The first-order valence-electron chi connectivity index (χ1n) is 11.9. The smallest absolute Gasteiger partial charge is 0.282 e. The minimum absolute atomic E-state index is 0.0973. The van der Waals surface area contributed by atoms with Gasteiger partial charge in [0.25, 0.3) is 11.5 Å². The number of carbonyl (C=O) groups excluding carboxylic acids is 1. The molecule has 1 saturated carbocycles. The molecule has 0 saturated heterocycles. The predicted molar refractivity (Wildman–Crippen MR) is 137 cm³/mol. The summed E-state index contributed by atoms with van der Waals surface area (Å²) in [6, 6.07) is 12.0. The Bertz CT molecular complexity index is 1690. The number of H-pyrrole nitrogens is 1. The summed E-state index contributed by atoms with van der Waals surface area (Å²) in [5, 5.41) is 0.572. The van der Waals surface area contributed by atoms with E-state index in [-0.39, 0.29) is 28.9 Å². The van der Waals surface area contributed by atoms with Crippen molar-refractivity contribution in [3.05, 3.63) is 93.5 Å². The first-order valence-corrected chi connectivity index (χ1v) is 13.8. The van der Waals surface area contributed by atoms with Gasteiger partial charge in [-0.25, -0.2) is 21.9 Å². The fourth-order valence-electron chi connectivity index (χ4n) is 5.21. The molecule has 0 bridgehead atoms. The van der Waals surface area contributed by atoms with Crippen LogP contribution in [-0.2, 0) is 16.6 Å². The van der Waals surface area contributed by atoms with Gasteiger partial charge in [0.2, 0.25) is 10.0 Å². The zero-order valence-corrected chi connectivity index (χ0v) is 20.9. The molecule has 37 heavy (non-hydrogen) atoms. The molecule has 1 fully saturated rings. The van der Waals surface area contributed by atoms with Gasteiger partial charge in [0.05, 0.1) is 12.8 Å². The lowest BCUT2D eigenvalue weighted by molar-refractivity contribution is 0.0974. The maximum Gasteiger partial charge on any atom is 0.282 e. The van der Waals surface area contributed by atoms with Gasteiger partial charge in [-0.3, -0.25) is 9.59 Å². The zero-order chi connectivity index (χ0) is 26.3. The number of halogens is 2. The van der Waals surface area contributed by atoms with Crippen LogP contribution in [0.2, 0.25) is 0 Å². The molecule has 0 unspecified atom stereocenters. The number of carbonyl (C=O) groups is 1. The Kier molecular flexibility index (Phi) is 6.45. The van der Waals surface area contributed by atoms with Crippen molar-refractivity contribution in [2.45, 2.75) is 38.1 Å². The SMILES string of the molecule is CS(=O)(=O)NC(=O)c1c(-c2ccc[nH]c2=O)c2cc(C3CCCC3)ccc2n1Cc1ccc(F)cc1F. The molecule has 2 N–H and O–H groups in total. The molecule has 2 aromatic carbocycles. The maximum atomic E-state index is 14.7. The second-order valence-corrected chi connectivity index (χ2v) is 11.2. The highest BCUT2D eigenvalue weighted by Gasteiger charge is 2.28. The lowest BCUT2D eigenvalue weighted by atomic mass is 9.94. The van der Waals surface area contributed by atoms with E-state index in [1.165, 1.54) is 16.8 Å². The number of amides is 1. The molecule has 2 aromatic heterocycles. The summed E-state index contributed by atoms with van der Waals surface area (Å²) < 4.78 is 55.8. The molecule has 1 amide bonds. The second kappa shape index (κ2) is 9.59. The summed E-state index contributed by atoms with van der Waals surface area (Å²) >= 11 is 0. The number of nitrogens with zero attached hydrogens (tertiary/aromatic N) is 1. The van der Waals surface area contributed by atoms with E-state index < -0.39 is 33.1 Å². The van der Waals surface area contributed by atoms with Crippen LogP contribution in [0.1, 0.15) is 53.2 Å². The third-order valence-electron chi connectivity index (χ3n) is 6.84. The summed E-state index contributed by atoms with van der Waals surface area (Å²) in [5.41, 5.74) is 1.52. The first kappa shape index (κ1) is 24.9. The number of aromatic nitrogens is 2. The van der Waals surface area contributed by atoms with Gasteiger partial charge in [-0.2, -0.15) is 0 Å². The quantitative estimate of drug-likeness (QED) is 0.382. The summed E-state index contributed by atoms with van der Waals surface area (Å²) in [6.45, 7) is -0.192. The highest BCUT2D eigenvalue weighted by atomic mass is 32.2. The third-order valence-corrected chi connectivity index (χ3v) is 7.39. The third kappa shape index (κ3) is 4.93. The van der Waals surface area contributed by atoms with Crippen LogP contribution in [0.3, 0.4) is 0 Å². The van der Waals surface area contributed by atoms with Crippen LogP contribution in [0.4, 0.5) is 8.78 Å². The average Bonchev–Trinajstić information content (AvgIpc) is 3.47. The van der Waals surface area contributed by atoms with E-state index in [1.807, 2.05) is 22.9 Å². The van der Waals surface area contributed by atoms with E-state index in [9.17, 15) is 26.8 Å². The first-order chi connectivity index (χ1) is 17.6. The Labute approximate surface area is 212 Å². The van der Waals surface area contributed by atoms with Gasteiger partial charge < -0.3 is 9.55 Å². The summed E-state index contributed by atoms with van der Waals surface area (Å²) in [6.07, 6.45) is 6.58. The van der Waals surface area contributed by atoms with Gasteiger partial charge >= 0.3 is 0 Å². The molecule has 2 heterocycles. The molecular formula is C27H25F2N3O4S. The molecule has 192 valence electrons. The number of hydrogen-bond donors (Lipinski definition) is 2. The van der Waals surface area contributed by atoms with E-state index in [0.29, 0.717) is 16.8 Å². The van der Waals surface area contributed by atoms with Crippen molar-refractivity contribution in [2.75, 3.05) is 6.26 Å². The normalized spacial score (nSPS) is 14.4. The Hall–Kier alpha value is -3.79. The van der Waals surface area contributed by atoms with Crippen molar-refractivity contribution in [3.63, 3.8) is 0 Å². The van der Waals surface area contributed by atoms with Crippen LogP contribution in [0.25, 0.3) is 22.0 Å². The van der Waals surface area contributed by atoms with Crippen molar-refractivity contribution < 1.29 is 22.0 Å². The number of benzene rings is 2. The number of hydrogen-bond acceptors (Lipinski definition) is 4. The Morgan fingerprint density at radius 2 is 1.86 bits per heavy atom. The standard InChI is InChI=1S/C27H25F2N3O4S/c1-37(35,36)31-27(34)25-24(20-7-4-12-30-26(20)33)21-13-17(16-5-2-3-6-16)9-11-23(21)32(25)15-18-8-10-19(28)14-22(18)29/h4,7-14,16H,2-3,5-6,15H2,1H3,(H,30,33)(H,31,34). The van der Waals surface area contributed by atoms with E-state index >= 15 is 0 Å². The van der Waals surface area contributed by atoms with Gasteiger partial charge in [-0.1, -0.05) is 25.0 Å². The Morgan fingerprint density at radius 1 is 1.11 bits per heavy atom. The summed E-state index contributed by atoms with van der Waals surface area (Å²) in [7, 11) is -3.97. The van der Waals surface area contributed by atoms with Crippen LogP contribution in [-0.4, -0.2) is 30.1 Å². The largest absolute Gasteiger partial charge is 0.331 e. The van der Waals surface area contributed by atoms with Crippen molar-refractivity contribution in [1.29, 1.82) is 0 Å². The second-order valence-electron chi connectivity index (χ2n) is 9.42. The van der Waals surface area contributed by atoms with Crippen molar-refractivity contribution in [1.82, 2.24) is 14.3 Å². The summed E-state index contributed by atoms with van der Waals surface area (Å²) in [5.74, 6) is -2.18. The zero-order valence-electron chi connectivity index (χ0n) is 20.1. The lowest BCUT2D eigenvalue weighted by Gasteiger charge is -2.13. The van der Waals surface area contributed by atoms with Crippen LogP contribution in [0.5, 0.6) is 0 Å². The topological polar surface area (TPSA) is 101 Å². The molecule has 1 aliphatic carbocycles. The number of pyridine rings is 1. The highest BCUT2D eigenvalue weighted by Crippen LogP contribution is 2.40. The number of sulfonamides is 1. The molecule has 0 radical (unpaired) electrons. The Balaban J connectivity index is 1.83. The summed E-state index contributed by atoms with van der Waals surface area (Å²) in [4.78, 5) is 29.0. The van der Waals surface area contributed by atoms with Crippen molar-refractivity contribution in [2.24, 2.45) is 0 Å². The highest BCUT2D eigenvalue weighted by molar-refractivity contribution is 7.89. The van der Waals surface area contributed by atoms with Crippen LogP contribution in [0.15, 0.2) is 59.5 Å². The van der Waals surface area contributed by atoms with Crippen LogP contribution >= 0.6 is 0 Å². The monoisotopic (exact) mass is 525 g/mol. The predicted octanol–water partition coefficient (Wildman–Crippen LogP) is 4.67. The van der Waals surface area contributed by atoms with E-state index in [4.69, 9.17) is 0 Å². The maximum absolute atomic E-state index is 14.7. The minimum Gasteiger partial charge on any atom is -0.331 e. The van der Waals surface area contributed by atoms with Crippen molar-refractivity contribution in [3.8, 4) is 11.1 Å². The van der Waals surface area contributed by atoms with E-state index in [2.05, 4.69) is 4.98 Å². The molecule has 10 heteroatoms. The Morgan fingerprint density at radius 3 is 2.54 bits per heavy atom. The molecular weight excluding hydrogens is 500 g/mol. The average molecular weight is 526 g/mol. The van der Waals surface area contributed by atoms with Crippen LogP contribution in [0, 0.1) is 11.6 Å². The molecule has 0 aliphatic heterocycles. The van der Waals surface area contributed by atoms with E-state index in [0.717, 1.165) is 49.6 Å². The van der Waals surface area contributed by atoms with E-state index in [1.54, 1.807) is 12.1 Å². The fourth-order valence-corrected chi connectivity index (χ4v) is 5.65. The molecule has 0 atom stereocenters. The molecule has 5 rings (SSSR count). The van der Waals surface area contributed by atoms with Gasteiger partial charge in [0.1, 0.15) is 17.3 Å². The number of aromatic amines is 1. The van der Waals surface area contributed by atoms with Crippen LogP contribution < -0.4 is 10.3 Å². The molecule has 7 nitrogen and oxygen atoms in total. The molecule has 0 spiro atoms. The van der Waals surface area contributed by atoms with Gasteiger partial charge in [-0.05, 0) is 54.7 Å². The van der Waals surface area contributed by atoms with Gasteiger partial charge in [0.15, 0.2) is 0 Å². The minimum atomic E-state index is -3.97. The number of fused-ring (bicyclic) bond motifs is 1. The number of rotatable bonds is 6. The number of nitrogens with one attached hydrogen (secondary N) is 2. The van der Waals surface area contributed by atoms with Crippen molar-refractivity contribution >= 4 is 26.8 Å². The molecule has 4 aromatic rings.